The monoisotopic (exact) mass is 304 g/mol. The van der Waals surface area contributed by atoms with Gasteiger partial charge in [-0.25, -0.2) is 9.37 Å². The lowest BCUT2D eigenvalue weighted by Crippen LogP contribution is -2.11. The van der Waals surface area contributed by atoms with Gasteiger partial charge < -0.3 is 10.4 Å². The summed E-state index contributed by atoms with van der Waals surface area (Å²) in [6, 6.07) is 4.37. The van der Waals surface area contributed by atoms with Crippen molar-refractivity contribution in [2.45, 2.75) is 13.3 Å². The second-order valence-electron chi connectivity index (χ2n) is 4.21. The van der Waals surface area contributed by atoms with Crippen LogP contribution in [-0.2, 0) is 0 Å². The summed E-state index contributed by atoms with van der Waals surface area (Å²) in [6.45, 7) is 1.88. The molecular formula is C15H13FN2O2S. The van der Waals surface area contributed by atoms with Crippen molar-refractivity contribution in [2.75, 3.05) is 11.9 Å². The number of pyridine rings is 1. The van der Waals surface area contributed by atoms with Crippen molar-refractivity contribution in [3.8, 4) is 11.8 Å². The number of aliphatic hydroxyl groups excluding tert-OH is 1. The molecule has 0 radical (unpaired) electrons. The molecule has 2 heterocycles. The Bertz CT molecular complexity index is 699. The molecule has 4 nitrogen and oxygen atoms in total. The number of nitrogens with one attached hydrogen (secondary N) is 1. The molecular weight excluding hydrogens is 291 g/mol. The third-order valence-corrected chi connectivity index (χ3v) is 3.70. The SMILES string of the molecule is Cc1cc(C(=O)Nc2ccc(F)cn2)sc1C#CCCO. The zero-order valence-corrected chi connectivity index (χ0v) is 12.1. The Morgan fingerprint density at radius 1 is 1.52 bits per heavy atom. The minimum atomic E-state index is -0.457. The van der Waals surface area contributed by atoms with E-state index in [1.54, 1.807) is 6.07 Å². The lowest BCUT2D eigenvalue weighted by molar-refractivity contribution is 0.103. The highest BCUT2D eigenvalue weighted by molar-refractivity contribution is 7.14. The van der Waals surface area contributed by atoms with Crippen LogP contribution in [-0.4, -0.2) is 22.6 Å². The van der Waals surface area contributed by atoms with Gasteiger partial charge in [-0.05, 0) is 30.7 Å². The highest BCUT2D eigenvalue weighted by Gasteiger charge is 2.12. The number of amides is 1. The van der Waals surface area contributed by atoms with Gasteiger partial charge in [0.2, 0.25) is 0 Å². The van der Waals surface area contributed by atoms with Crippen molar-refractivity contribution in [1.29, 1.82) is 0 Å². The maximum absolute atomic E-state index is 12.7. The fourth-order valence-electron chi connectivity index (χ4n) is 1.54. The largest absolute Gasteiger partial charge is 0.395 e. The third-order valence-electron chi connectivity index (χ3n) is 2.55. The van der Waals surface area contributed by atoms with Gasteiger partial charge in [-0.15, -0.1) is 11.3 Å². The van der Waals surface area contributed by atoms with Gasteiger partial charge in [-0.3, -0.25) is 4.79 Å². The number of anilines is 1. The van der Waals surface area contributed by atoms with E-state index in [2.05, 4.69) is 22.1 Å². The second-order valence-corrected chi connectivity index (χ2v) is 5.27. The zero-order chi connectivity index (χ0) is 15.2. The van der Waals surface area contributed by atoms with E-state index in [0.29, 0.717) is 17.1 Å². The Morgan fingerprint density at radius 3 is 3.00 bits per heavy atom. The van der Waals surface area contributed by atoms with Crippen molar-refractivity contribution in [1.82, 2.24) is 4.98 Å². The average Bonchev–Trinajstić information content (AvgIpc) is 2.83. The number of hydrogen-bond donors (Lipinski definition) is 2. The molecule has 21 heavy (non-hydrogen) atoms. The van der Waals surface area contributed by atoms with Crippen molar-refractivity contribution in [3.63, 3.8) is 0 Å². The van der Waals surface area contributed by atoms with Gasteiger partial charge in [0.25, 0.3) is 5.91 Å². The van der Waals surface area contributed by atoms with Crippen LogP contribution in [0.4, 0.5) is 10.2 Å². The summed E-state index contributed by atoms with van der Waals surface area (Å²) >= 11 is 1.27. The van der Waals surface area contributed by atoms with E-state index >= 15 is 0 Å². The molecule has 108 valence electrons. The molecule has 0 aromatic carbocycles. The predicted octanol–water partition coefficient (Wildman–Crippen LogP) is 2.58. The summed E-state index contributed by atoms with van der Waals surface area (Å²) in [6.07, 6.45) is 1.44. The summed E-state index contributed by atoms with van der Waals surface area (Å²) < 4.78 is 12.7. The maximum atomic E-state index is 12.7. The van der Waals surface area contributed by atoms with Gasteiger partial charge in [-0.1, -0.05) is 11.8 Å². The first kappa shape index (κ1) is 15.2. The lowest BCUT2D eigenvalue weighted by Gasteiger charge is -2.01. The summed E-state index contributed by atoms with van der Waals surface area (Å²) in [5, 5.41) is 11.3. The molecule has 0 saturated carbocycles. The Morgan fingerprint density at radius 2 is 2.33 bits per heavy atom. The minimum absolute atomic E-state index is 0.0149. The highest BCUT2D eigenvalue weighted by Crippen LogP contribution is 2.22. The number of thiophene rings is 1. The van der Waals surface area contributed by atoms with Crippen LogP contribution >= 0.6 is 11.3 Å². The van der Waals surface area contributed by atoms with Gasteiger partial charge in [0.1, 0.15) is 11.6 Å². The van der Waals surface area contributed by atoms with Gasteiger partial charge in [0, 0.05) is 6.42 Å². The van der Waals surface area contributed by atoms with E-state index < -0.39 is 5.82 Å². The van der Waals surface area contributed by atoms with Crippen molar-refractivity contribution in [3.05, 3.63) is 45.5 Å². The van der Waals surface area contributed by atoms with Crippen LogP contribution in [0.1, 0.15) is 26.5 Å². The predicted molar refractivity (Wildman–Crippen MR) is 79.8 cm³/mol. The number of nitrogens with zero attached hydrogens (tertiary/aromatic N) is 1. The van der Waals surface area contributed by atoms with Crippen LogP contribution in [0.2, 0.25) is 0 Å². The van der Waals surface area contributed by atoms with Crippen LogP contribution in [0.5, 0.6) is 0 Å². The van der Waals surface area contributed by atoms with E-state index in [0.717, 1.165) is 16.6 Å². The fraction of sp³-hybridized carbons (Fsp3) is 0.200. The normalized spacial score (nSPS) is 9.86. The number of carbonyl (C=O) groups excluding carboxylic acids is 1. The smallest absolute Gasteiger partial charge is 0.266 e. The number of carbonyl (C=O) groups is 1. The van der Waals surface area contributed by atoms with Crippen LogP contribution in [0, 0.1) is 24.6 Å². The number of aliphatic hydroxyl groups is 1. The highest BCUT2D eigenvalue weighted by atomic mass is 32.1. The molecule has 0 saturated heterocycles. The van der Waals surface area contributed by atoms with Crippen LogP contribution in [0.15, 0.2) is 24.4 Å². The first-order chi connectivity index (χ1) is 10.1. The van der Waals surface area contributed by atoms with E-state index in [1.807, 2.05) is 6.92 Å². The number of aryl methyl sites for hydroxylation is 1. The molecule has 2 N–H and O–H groups in total. The quantitative estimate of drug-likeness (QED) is 0.857. The van der Waals surface area contributed by atoms with Crippen molar-refractivity contribution < 1.29 is 14.3 Å². The minimum Gasteiger partial charge on any atom is -0.395 e. The zero-order valence-electron chi connectivity index (χ0n) is 11.3. The summed E-state index contributed by atoms with van der Waals surface area (Å²) in [5.41, 5.74) is 0.905. The van der Waals surface area contributed by atoms with Crippen LogP contribution in [0.3, 0.4) is 0 Å². The van der Waals surface area contributed by atoms with E-state index in [-0.39, 0.29) is 12.5 Å². The van der Waals surface area contributed by atoms with Gasteiger partial charge >= 0.3 is 0 Å². The molecule has 2 aromatic heterocycles. The van der Waals surface area contributed by atoms with Crippen molar-refractivity contribution in [2.24, 2.45) is 0 Å². The van der Waals surface area contributed by atoms with E-state index in [9.17, 15) is 9.18 Å². The molecule has 1 amide bonds. The molecule has 0 unspecified atom stereocenters. The molecule has 0 aliphatic carbocycles. The molecule has 0 bridgehead atoms. The lowest BCUT2D eigenvalue weighted by atomic mass is 10.2. The van der Waals surface area contributed by atoms with Crippen LogP contribution in [0.25, 0.3) is 0 Å². The maximum Gasteiger partial charge on any atom is 0.266 e. The number of rotatable bonds is 3. The molecule has 2 aromatic rings. The molecule has 0 spiro atoms. The Kier molecular flexibility index (Phi) is 5.04. The summed E-state index contributed by atoms with van der Waals surface area (Å²) in [5.74, 6) is 5.28. The molecule has 0 fully saturated rings. The van der Waals surface area contributed by atoms with E-state index in [4.69, 9.17) is 5.11 Å². The number of aromatic nitrogens is 1. The van der Waals surface area contributed by atoms with Crippen molar-refractivity contribution >= 4 is 23.1 Å². The Labute approximate surface area is 125 Å². The van der Waals surface area contributed by atoms with E-state index in [1.165, 1.54) is 23.5 Å². The number of hydrogen-bond acceptors (Lipinski definition) is 4. The Hall–Kier alpha value is -2.23. The molecule has 6 heteroatoms. The van der Waals surface area contributed by atoms with Gasteiger partial charge in [-0.2, -0.15) is 0 Å². The Balaban J connectivity index is 2.11. The first-order valence-electron chi connectivity index (χ1n) is 6.23. The second kappa shape index (κ2) is 6.97. The number of halogens is 1. The average molecular weight is 304 g/mol. The first-order valence-corrected chi connectivity index (χ1v) is 7.05. The topological polar surface area (TPSA) is 62.2 Å². The van der Waals surface area contributed by atoms with Crippen LogP contribution < -0.4 is 5.32 Å². The summed E-state index contributed by atoms with van der Waals surface area (Å²) in [7, 11) is 0. The molecule has 2 rings (SSSR count). The fourth-order valence-corrected chi connectivity index (χ4v) is 2.49. The molecule has 0 aliphatic heterocycles. The molecule has 0 aliphatic rings. The van der Waals surface area contributed by atoms with Gasteiger partial charge in [0.05, 0.1) is 22.6 Å². The van der Waals surface area contributed by atoms with Gasteiger partial charge in [0.15, 0.2) is 0 Å². The third kappa shape index (κ3) is 4.12. The standard InChI is InChI=1S/C15H13FN2O2S/c1-10-8-13(21-12(10)4-2-3-7-19)15(20)18-14-6-5-11(16)9-17-14/h5-6,8-9,19H,3,7H2,1H3,(H,17,18,20). The summed E-state index contributed by atoms with van der Waals surface area (Å²) in [4.78, 5) is 17.1. The molecule has 0 atom stereocenters.